The summed E-state index contributed by atoms with van der Waals surface area (Å²) in [7, 11) is 0. The molecule has 1 aromatic carbocycles. The standard InChI is InChI=1S/C26H24N4O3S2/c1-3-33-17-10-8-16(9-11-17)22-15(2)34-25-23(22)26(32)30(14-28-25)13-21(31)29-24-19(12-27)18-6-4-5-7-20(18)35-24/h8-11,14H,3-7,13H2,1-2H3,(H,29,31). The van der Waals surface area contributed by atoms with Gasteiger partial charge < -0.3 is 10.1 Å². The number of benzene rings is 1. The first-order valence-electron chi connectivity index (χ1n) is 11.6. The van der Waals surface area contributed by atoms with Crippen LogP contribution in [0.1, 0.15) is 40.6 Å². The Morgan fingerprint density at radius 1 is 1.23 bits per heavy atom. The number of nitriles is 1. The predicted octanol–water partition coefficient (Wildman–Crippen LogP) is 5.28. The van der Waals surface area contributed by atoms with Gasteiger partial charge in [-0.2, -0.15) is 5.26 Å². The van der Waals surface area contributed by atoms with E-state index in [0.29, 0.717) is 27.4 Å². The molecule has 0 atom stereocenters. The monoisotopic (exact) mass is 504 g/mol. The number of aromatic nitrogens is 2. The SMILES string of the molecule is CCOc1ccc(-c2c(C)sc3ncn(CC(=O)Nc4sc5c(c4C#N)CCCC5)c(=O)c23)cc1. The second kappa shape index (κ2) is 9.64. The van der Waals surface area contributed by atoms with Crippen LogP contribution in [0.3, 0.4) is 0 Å². The summed E-state index contributed by atoms with van der Waals surface area (Å²) < 4.78 is 6.87. The summed E-state index contributed by atoms with van der Waals surface area (Å²) in [4.78, 5) is 33.6. The van der Waals surface area contributed by atoms with E-state index in [-0.39, 0.29) is 18.0 Å². The molecule has 5 rings (SSSR count). The molecule has 7 nitrogen and oxygen atoms in total. The highest BCUT2D eigenvalue weighted by Crippen LogP contribution is 2.38. The van der Waals surface area contributed by atoms with Crippen LogP contribution in [0.4, 0.5) is 5.00 Å². The average Bonchev–Trinajstić information content (AvgIpc) is 3.38. The number of hydrogen-bond acceptors (Lipinski definition) is 7. The van der Waals surface area contributed by atoms with Crippen LogP contribution in [-0.2, 0) is 24.2 Å². The van der Waals surface area contributed by atoms with Gasteiger partial charge in [0.1, 0.15) is 28.2 Å². The topological polar surface area (TPSA) is 97.0 Å². The number of hydrogen-bond donors (Lipinski definition) is 1. The summed E-state index contributed by atoms with van der Waals surface area (Å²) >= 11 is 2.94. The molecule has 178 valence electrons. The first kappa shape index (κ1) is 23.3. The van der Waals surface area contributed by atoms with Crippen LogP contribution in [0.5, 0.6) is 5.75 Å². The minimum absolute atomic E-state index is 0.174. The van der Waals surface area contributed by atoms with Gasteiger partial charge in [0.2, 0.25) is 5.91 Å². The lowest BCUT2D eigenvalue weighted by atomic mass is 9.96. The zero-order chi connectivity index (χ0) is 24.5. The van der Waals surface area contributed by atoms with Gasteiger partial charge >= 0.3 is 0 Å². The number of ether oxygens (including phenoxy) is 1. The second-order valence-electron chi connectivity index (χ2n) is 8.42. The van der Waals surface area contributed by atoms with E-state index in [1.54, 1.807) is 0 Å². The van der Waals surface area contributed by atoms with Gasteiger partial charge in [-0.1, -0.05) is 12.1 Å². The van der Waals surface area contributed by atoms with Crippen LogP contribution in [0.15, 0.2) is 35.4 Å². The van der Waals surface area contributed by atoms with Crippen LogP contribution < -0.4 is 15.6 Å². The molecule has 4 aromatic rings. The van der Waals surface area contributed by atoms with Crippen molar-refractivity contribution in [1.82, 2.24) is 9.55 Å². The number of fused-ring (bicyclic) bond motifs is 2. The third kappa shape index (κ3) is 4.35. The molecule has 0 saturated carbocycles. The normalized spacial score (nSPS) is 12.8. The van der Waals surface area contributed by atoms with Crippen molar-refractivity contribution in [3.05, 3.63) is 61.8 Å². The molecule has 0 aliphatic heterocycles. The van der Waals surface area contributed by atoms with E-state index in [4.69, 9.17) is 4.74 Å². The minimum atomic E-state index is -0.349. The molecule has 0 unspecified atom stereocenters. The fourth-order valence-electron chi connectivity index (χ4n) is 4.58. The molecule has 1 aliphatic carbocycles. The highest BCUT2D eigenvalue weighted by molar-refractivity contribution is 7.19. The summed E-state index contributed by atoms with van der Waals surface area (Å²) in [5.74, 6) is 0.422. The first-order valence-corrected chi connectivity index (χ1v) is 13.2. The van der Waals surface area contributed by atoms with Crippen LogP contribution in [-0.4, -0.2) is 22.1 Å². The molecule has 0 fully saturated rings. The largest absolute Gasteiger partial charge is 0.494 e. The van der Waals surface area contributed by atoms with Gasteiger partial charge in [0.15, 0.2) is 0 Å². The second-order valence-corrected chi connectivity index (χ2v) is 10.7. The Morgan fingerprint density at radius 2 is 2.00 bits per heavy atom. The lowest BCUT2D eigenvalue weighted by Gasteiger charge is -2.09. The molecule has 0 bridgehead atoms. The van der Waals surface area contributed by atoms with Gasteiger partial charge in [-0.15, -0.1) is 22.7 Å². The number of carbonyl (C=O) groups is 1. The van der Waals surface area contributed by atoms with Gasteiger partial charge in [0.05, 0.1) is 23.9 Å². The number of anilines is 1. The smallest absolute Gasteiger partial charge is 0.263 e. The third-order valence-electron chi connectivity index (χ3n) is 6.16. The Kier molecular flexibility index (Phi) is 6.41. The summed E-state index contributed by atoms with van der Waals surface area (Å²) in [6, 6.07) is 9.90. The van der Waals surface area contributed by atoms with Crippen LogP contribution in [0.25, 0.3) is 21.3 Å². The molecule has 3 aromatic heterocycles. The molecule has 9 heteroatoms. The molecular weight excluding hydrogens is 480 g/mol. The fourth-order valence-corrected chi connectivity index (χ4v) is 6.83. The zero-order valence-electron chi connectivity index (χ0n) is 19.5. The number of rotatable bonds is 6. The van der Waals surface area contributed by atoms with Gasteiger partial charge in [-0.05, 0) is 62.8 Å². The minimum Gasteiger partial charge on any atom is -0.494 e. The predicted molar refractivity (Wildman–Crippen MR) is 140 cm³/mol. The Balaban J connectivity index is 1.45. The number of nitrogens with one attached hydrogen (secondary N) is 1. The Hall–Kier alpha value is -3.48. The van der Waals surface area contributed by atoms with Crippen LogP contribution in [0.2, 0.25) is 0 Å². The van der Waals surface area contributed by atoms with Crippen molar-refractivity contribution in [2.45, 2.75) is 46.1 Å². The van der Waals surface area contributed by atoms with E-state index >= 15 is 0 Å². The molecule has 1 N–H and O–H groups in total. The van der Waals surface area contributed by atoms with Crippen LogP contribution in [0, 0.1) is 18.3 Å². The average molecular weight is 505 g/mol. The van der Waals surface area contributed by atoms with Crippen molar-refractivity contribution in [1.29, 1.82) is 5.26 Å². The quantitative estimate of drug-likeness (QED) is 0.385. The number of amides is 1. The maximum Gasteiger partial charge on any atom is 0.263 e. The molecule has 35 heavy (non-hydrogen) atoms. The van der Waals surface area contributed by atoms with Crippen molar-refractivity contribution in [3.8, 4) is 22.9 Å². The van der Waals surface area contributed by atoms with E-state index in [0.717, 1.165) is 53.0 Å². The summed E-state index contributed by atoms with van der Waals surface area (Å²) in [5.41, 5.74) is 3.10. The highest BCUT2D eigenvalue weighted by Gasteiger charge is 2.23. The molecule has 0 radical (unpaired) electrons. The molecule has 1 amide bonds. The molecule has 0 saturated heterocycles. The molecule has 1 aliphatic rings. The van der Waals surface area contributed by atoms with Gasteiger partial charge in [-0.3, -0.25) is 14.2 Å². The summed E-state index contributed by atoms with van der Waals surface area (Å²) in [5, 5.41) is 13.6. The third-order valence-corrected chi connectivity index (χ3v) is 8.38. The van der Waals surface area contributed by atoms with Gasteiger partial charge in [-0.25, -0.2) is 4.98 Å². The van der Waals surface area contributed by atoms with Crippen molar-refractivity contribution in [2.24, 2.45) is 0 Å². The molecule has 0 spiro atoms. The van der Waals surface area contributed by atoms with Crippen molar-refractivity contribution in [3.63, 3.8) is 0 Å². The van der Waals surface area contributed by atoms with Crippen molar-refractivity contribution < 1.29 is 9.53 Å². The van der Waals surface area contributed by atoms with E-state index < -0.39 is 0 Å². The lowest BCUT2D eigenvalue weighted by Crippen LogP contribution is -2.27. The number of nitrogens with zero attached hydrogens (tertiary/aromatic N) is 3. The Bertz CT molecular complexity index is 1520. The molecule has 3 heterocycles. The molecular formula is C26H24N4O3S2. The highest BCUT2D eigenvalue weighted by atomic mass is 32.1. The van der Waals surface area contributed by atoms with E-state index in [1.165, 1.54) is 38.4 Å². The van der Waals surface area contributed by atoms with Gasteiger partial charge in [0, 0.05) is 15.3 Å². The summed E-state index contributed by atoms with van der Waals surface area (Å²) in [6.07, 6.45) is 5.40. The number of aryl methyl sites for hydroxylation is 2. The lowest BCUT2D eigenvalue weighted by molar-refractivity contribution is -0.116. The Morgan fingerprint density at radius 3 is 2.74 bits per heavy atom. The maximum atomic E-state index is 13.5. The van der Waals surface area contributed by atoms with E-state index in [2.05, 4.69) is 16.4 Å². The van der Waals surface area contributed by atoms with Crippen LogP contribution >= 0.6 is 22.7 Å². The fraction of sp³-hybridized carbons (Fsp3) is 0.308. The van der Waals surface area contributed by atoms with Gasteiger partial charge in [0.25, 0.3) is 5.56 Å². The van der Waals surface area contributed by atoms with Crippen molar-refractivity contribution in [2.75, 3.05) is 11.9 Å². The van der Waals surface area contributed by atoms with E-state index in [1.807, 2.05) is 38.1 Å². The Labute approximate surface area is 210 Å². The maximum absolute atomic E-state index is 13.5. The van der Waals surface area contributed by atoms with Crippen molar-refractivity contribution >= 4 is 43.8 Å². The summed E-state index contributed by atoms with van der Waals surface area (Å²) in [6.45, 7) is 4.31. The number of thiophene rings is 2. The first-order chi connectivity index (χ1) is 17.0. The van der Waals surface area contributed by atoms with E-state index in [9.17, 15) is 14.9 Å². The zero-order valence-corrected chi connectivity index (χ0v) is 21.1. The number of carbonyl (C=O) groups excluding carboxylic acids is 1.